The number of amides is 1. The second kappa shape index (κ2) is 9.24. The standard InChI is InChI=1S/C23H24N2O4/c1-17(21(26)25-23(16-24)14-8-3-9-15-23)28-22(27)19-12-6-7-13-20(19)29-18-10-4-2-5-11-18/h2,4-7,10-13,17H,3,8-9,14-15H2,1H3,(H,25,26). The number of hydrogen-bond acceptors (Lipinski definition) is 5. The smallest absolute Gasteiger partial charge is 0.342 e. The van der Waals surface area contributed by atoms with Gasteiger partial charge in [0.2, 0.25) is 0 Å². The summed E-state index contributed by atoms with van der Waals surface area (Å²) < 4.78 is 11.2. The Bertz CT molecular complexity index is 899. The summed E-state index contributed by atoms with van der Waals surface area (Å²) >= 11 is 0. The Hall–Kier alpha value is -3.33. The molecule has 1 saturated carbocycles. The van der Waals surface area contributed by atoms with Gasteiger partial charge in [-0.1, -0.05) is 49.6 Å². The Morgan fingerprint density at radius 3 is 2.38 bits per heavy atom. The van der Waals surface area contributed by atoms with E-state index in [9.17, 15) is 14.9 Å². The summed E-state index contributed by atoms with van der Waals surface area (Å²) in [4.78, 5) is 25.2. The van der Waals surface area contributed by atoms with Crippen molar-refractivity contribution in [2.75, 3.05) is 0 Å². The van der Waals surface area contributed by atoms with E-state index in [1.807, 2.05) is 18.2 Å². The molecule has 1 aliphatic carbocycles. The minimum atomic E-state index is -1.03. The fourth-order valence-corrected chi connectivity index (χ4v) is 3.37. The molecule has 1 fully saturated rings. The summed E-state index contributed by atoms with van der Waals surface area (Å²) in [5, 5.41) is 12.3. The highest BCUT2D eigenvalue weighted by Crippen LogP contribution is 2.28. The number of nitrogens with one attached hydrogen (secondary N) is 1. The Kier molecular flexibility index (Phi) is 6.50. The Morgan fingerprint density at radius 2 is 1.69 bits per heavy atom. The fourth-order valence-electron chi connectivity index (χ4n) is 3.37. The van der Waals surface area contributed by atoms with E-state index >= 15 is 0 Å². The fraction of sp³-hybridized carbons (Fsp3) is 0.348. The van der Waals surface area contributed by atoms with Crippen LogP contribution >= 0.6 is 0 Å². The first-order valence-electron chi connectivity index (χ1n) is 9.79. The summed E-state index contributed by atoms with van der Waals surface area (Å²) in [5.41, 5.74) is -0.645. The average molecular weight is 392 g/mol. The van der Waals surface area contributed by atoms with Gasteiger partial charge in [0.15, 0.2) is 6.10 Å². The molecule has 6 heteroatoms. The van der Waals surface area contributed by atoms with Crippen LogP contribution in [0.25, 0.3) is 0 Å². The summed E-state index contributed by atoms with van der Waals surface area (Å²) in [5.74, 6) is -0.194. The first-order valence-corrected chi connectivity index (χ1v) is 9.79. The molecule has 150 valence electrons. The molecule has 1 N–H and O–H groups in total. The third-order valence-corrected chi connectivity index (χ3v) is 5.01. The lowest BCUT2D eigenvalue weighted by Gasteiger charge is -2.32. The number of hydrogen-bond donors (Lipinski definition) is 1. The zero-order valence-corrected chi connectivity index (χ0v) is 16.4. The third-order valence-electron chi connectivity index (χ3n) is 5.01. The minimum Gasteiger partial charge on any atom is -0.456 e. The van der Waals surface area contributed by atoms with Gasteiger partial charge >= 0.3 is 5.97 Å². The van der Waals surface area contributed by atoms with Crippen molar-refractivity contribution < 1.29 is 19.1 Å². The summed E-state index contributed by atoms with van der Waals surface area (Å²) in [6, 6.07) is 18.0. The predicted octanol–water partition coefficient (Wildman–Crippen LogP) is 4.37. The van der Waals surface area contributed by atoms with E-state index in [1.54, 1.807) is 36.4 Å². The molecule has 29 heavy (non-hydrogen) atoms. The quantitative estimate of drug-likeness (QED) is 0.738. The Morgan fingerprint density at radius 1 is 1.03 bits per heavy atom. The maximum Gasteiger partial charge on any atom is 0.342 e. The number of benzene rings is 2. The van der Waals surface area contributed by atoms with Crippen LogP contribution in [0.1, 0.15) is 49.4 Å². The van der Waals surface area contributed by atoms with Gasteiger partial charge in [0.25, 0.3) is 5.91 Å². The van der Waals surface area contributed by atoms with Crippen LogP contribution in [0.15, 0.2) is 54.6 Å². The van der Waals surface area contributed by atoms with Crippen molar-refractivity contribution in [2.45, 2.75) is 50.7 Å². The maximum atomic E-state index is 12.7. The van der Waals surface area contributed by atoms with Gasteiger partial charge in [-0.15, -0.1) is 0 Å². The molecule has 0 bridgehead atoms. The van der Waals surface area contributed by atoms with Crippen LogP contribution in [0.5, 0.6) is 11.5 Å². The highest BCUT2D eigenvalue weighted by Gasteiger charge is 2.35. The summed E-state index contributed by atoms with van der Waals surface area (Å²) in [6.45, 7) is 1.50. The number of esters is 1. The van der Waals surface area contributed by atoms with Crippen molar-refractivity contribution in [3.05, 3.63) is 60.2 Å². The van der Waals surface area contributed by atoms with E-state index in [2.05, 4.69) is 11.4 Å². The van der Waals surface area contributed by atoms with E-state index in [0.29, 0.717) is 24.3 Å². The van der Waals surface area contributed by atoms with Crippen LogP contribution in [0.2, 0.25) is 0 Å². The molecule has 0 spiro atoms. The lowest BCUT2D eigenvalue weighted by molar-refractivity contribution is -0.130. The SMILES string of the molecule is CC(OC(=O)c1ccccc1Oc1ccccc1)C(=O)NC1(C#N)CCCCC1. The molecule has 1 aliphatic rings. The van der Waals surface area contributed by atoms with Gasteiger partial charge in [-0.3, -0.25) is 4.79 Å². The van der Waals surface area contributed by atoms with Crippen molar-refractivity contribution in [1.82, 2.24) is 5.32 Å². The van der Waals surface area contributed by atoms with E-state index in [1.165, 1.54) is 6.92 Å². The van der Waals surface area contributed by atoms with Crippen molar-refractivity contribution in [3.8, 4) is 17.6 Å². The molecule has 0 heterocycles. The highest BCUT2D eigenvalue weighted by molar-refractivity contribution is 5.94. The van der Waals surface area contributed by atoms with E-state index in [0.717, 1.165) is 19.3 Å². The van der Waals surface area contributed by atoms with Gasteiger partial charge in [0, 0.05) is 0 Å². The van der Waals surface area contributed by atoms with Crippen LogP contribution in [-0.4, -0.2) is 23.5 Å². The summed E-state index contributed by atoms with van der Waals surface area (Å²) in [7, 11) is 0. The maximum absolute atomic E-state index is 12.7. The highest BCUT2D eigenvalue weighted by atomic mass is 16.5. The monoisotopic (exact) mass is 392 g/mol. The second-order valence-corrected chi connectivity index (χ2v) is 7.20. The molecule has 0 radical (unpaired) electrons. The number of carbonyl (C=O) groups excluding carboxylic acids is 2. The first-order chi connectivity index (χ1) is 14.0. The second-order valence-electron chi connectivity index (χ2n) is 7.20. The number of rotatable bonds is 6. The van der Waals surface area contributed by atoms with E-state index < -0.39 is 23.5 Å². The lowest BCUT2D eigenvalue weighted by atomic mass is 9.83. The molecule has 3 rings (SSSR count). The minimum absolute atomic E-state index is 0.226. The van der Waals surface area contributed by atoms with Crippen molar-refractivity contribution in [1.29, 1.82) is 5.26 Å². The summed E-state index contributed by atoms with van der Waals surface area (Å²) in [6.07, 6.45) is 3.05. The van der Waals surface area contributed by atoms with Gasteiger partial charge < -0.3 is 14.8 Å². The molecular formula is C23H24N2O4. The van der Waals surface area contributed by atoms with Gasteiger partial charge in [0.1, 0.15) is 22.6 Å². The van der Waals surface area contributed by atoms with Gasteiger partial charge in [0.05, 0.1) is 6.07 Å². The van der Waals surface area contributed by atoms with Crippen molar-refractivity contribution in [3.63, 3.8) is 0 Å². The molecule has 1 atom stereocenters. The van der Waals surface area contributed by atoms with Gasteiger partial charge in [-0.2, -0.15) is 5.26 Å². The topological polar surface area (TPSA) is 88.4 Å². The number of carbonyl (C=O) groups is 2. The lowest BCUT2D eigenvalue weighted by Crippen LogP contribution is -2.52. The number of ether oxygens (including phenoxy) is 2. The van der Waals surface area contributed by atoms with Gasteiger partial charge in [-0.25, -0.2) is 4.79 Å². The van der Waals surface area contributed by atoms with E-state index in [4.69, 9.17) is 9.47 Å². The molecular weight excluding hydrogens is 368 g/mol. The largest absolute Gasteiger partial charge is 0.456 e. The van der Waals surface area contributed by atoms with Crippen LogP contribution in [0, 0.1) is 11.3 Å². The van der Waals surface area contributed by atoms with E-state index in [-0.39, 0.29) is 5.56 Å². The molecule has 2 aromatic carbocycles. The molecule has 0 aromatic heterocycles. The first kappa shape index (κ1) is 20.4. The van der Waals surface area contributed by atoms with Crippen LogP contribution in [0.4, 0.5) is 0 Å². The normalized spacial score (nSPS) is 16.1. The van der Waals surface area contributed by atoms with Crippen LogP contribution in [-0.2, 0) is 9.53 Å². The Balaban J connectivity index is 1.67. The number of para-hydroxylation sites is 2. The molecule has 0 saturated heterocycles. The Labute approximate surface area is 170 Å². The molecule has 1 unspecified atom stereocenters. The average Bonchev–Trinajstić information content (AvgIpc) is 2.75. The van der Waals surface area contributed by atoms with Crippen molar-refractivity contribution in [2.24, 2.45) is 0 Å². The zero-order valence-electron chi connectivity index (χ0n) is 16.4. The van der Waals surface area contributed by atoms with Gasteiger partial charge in [-0.05, 0) is 44.0 Å². The molecule has 6 nitrogen and oxygen atoms in total. The van der Waals surface area contributed by atoms with Crippen molar-refractivity contribution >= 4 is 11.9 Å². The zero-order chi connectivity index (χ0) is 20.7. The molecule has 1 amide bonds. The molecule has 2 aromatic rings. The van der Waals surface area contributed by atoms with Crippen LogP contribution in [0.3, 0.4) is 0 Å². The predicted molar refractivity (Wildman–Crippen MR) is 107 cm³/mol. The van der Waals surface area contributed by atoms with Crippen LogP contribution < -0.4 is 10.1 Å². The number of nitriles is 1. The number of nitrogens with zero attached hydrogens (tertiary/aromatic N) is 1. The molecule has 0 aliphatic heterocycles. The third kappa shape index (κ3) is 5.14.